The molecule has 1 fully saturated rings. The van der Waals surface area contributed by atoms with Crippen molar-refractivity contribution >= 4 is 34.9 Å². The van der Waals surface area contributed by atoms with Crippen molar-refractivity contribution in [3.63, 3.8) is 0 Å². The van der Waals surface area contributed by atoms with Gasteiger partial charge in [0.2, 0.25) is 0 Å². The minimum atomic E-state index is -0.818. The van der Waals surface area contributed by atoms with Crippen LogP contribution in [-0.2, 0) is 9.59 Å². The van der Waals surface area contributed by atoms with Gasteiger partial charge in [0.15, 0.2) is 0 Å². The van der Waals surface area contributed by atoms with Gasteiger partial charge in [-0.05, 0) is 43.4 Å². The molecule has 0 bridgehead atoms. The Morgan fingerprint density at radius 2 is 1.96 bits per heavy atom. The van der Waals surface area contributed by atoms with E-state index in [0.717, 1.165) is 12.2 Å². The molecule has 1 saturated carbocycles. The van der Waals surface area contributed by atoms with Crippen LogP contribution in [-0.4, -0.2) is 30.7 Å². The Hall–Kier alpha value is -1.44. The maximum atomic E-state index is 12.6. The fourth-order valence-electron chi connectivity index (χ4n) is 3.13. The van der Waals surface area contributed by atoms with E-state index in [1.54, 1.807) is 30.8 Å². The van der Waals surface area contributed by atoms with Gasteiger partial charge in [-0.1, -0.05) is 17.5 Å². The van der Waals surface area contributed by atoms with Crippen LogP contribution in [0.4, 0.5) is 0 Å². The van der Waals surface area contributed by atoms with Crippen LogP contribution in [0.15, 0.2) is 12.1 Å². The van der Waals surface area contributed by atoms with E-state index < -0.39 is 5.92 Å². The van der Waals surface area contributed by atoms with Crippen LogP contribution >= 0.6 is 23.4 Å². The molecule has 0 saturated heterocycles. The Morgan fingerprint density at radius 1 is 1.29 bits per heavy atom. The molecule has 0 N–H and O–H groups in total. The Balaban J connectivity index is 2.35. The molecule has 0 unspecified atom stereocenters. The van der Waals surface area contributed by atoms with Crippen LogP contribution in [0.25, 0.3) is 0 Å². The predicted octanol–water partition coefficient (Wildman–Crippen LogP) is 4.10. The molecule has 0 spiro atoms. The number of methoxy groups -OCH3 is 1. The van der Waals surface area contributed by atoms with E-state index in [2.05, 4.69) is 11.8 Å². The van der Waals surface area contributed by atoms with Crippen molar-refractivity contribution in [1.82, 2.24) is 0 Å². The molecule has 3 nitrogen and oxygen atoms in total. The molecular weight excluding hydrogens is 344 g/mol. The molecule has 1 aromatic carbocycles. The molecule has 1 aromatic rings. The SMILES string of the molecule is CC#Cc1cc(Cl)c(C2C(=O)CC(CCSC)CC2=O)c(OC)c1. The first kappa shape index (κ1) is 18.9. The van der Waals surface area contributed by atoms with Gasteiger partial charge < -0.3 is 4.74 Å². The van der Waals surface area contributed by atoms with E-state index in [9.17, 15) is 9.59 Å². The molecule has 0 heterocycles. The molecular formula is C19H21ClO3S. The van der Waals surface area contributed by atoms with Crippen molar-refractivity contribution in [1.29, 1.82) is 0 Å². The molecule has 24 heavy (non-hydrogen) atoms. The van der Waals surface area contributed by atoms with Gasteiger partial charge in [-0.2, -0.15) is 11.8 Å². The number of ether oxygens (including phenoxy) is 1. The van der Waals surface area contributed by atoms with Gasteiger partial charge >= 0.3 is 0 Å². The summed E-state index contributed by atoms with van der Waals surface area (Å²) in [5.74, 6) is 6.34. The minimum Gasteiger partial charge on any atom is -0.496 e. The number of thioether (sulfide) groups is 1. The topological polar surface area (TPSA) is 43.4 Å². The van der Waals surface area contributed by atoms with Crippen molar-refractivity contribution < 1.29 is 14.3 Å². The predicted molar refractivity (Wildman–Crippen MR) is 99.0 cm³/mol. The highest BCUT2D eigenvalue weighted by Gasteiger charge is 2.39. The third kappa shape index (κ3) is 4.15. The zero-order valence-electron chi connectivity index (χ0n) is 14.1. The lowest BCUT2D eigenvalue weighted by atomic mass is 9.75. The molecule has 1 aliphatic carbocycles. The van der Waals surface area contributed by atoms with E-state index in [1.807, 2.05) is 6.26 Å². The van der Waals surface area contributed by atoms with Crippen molar-refractivity contribution in [3.05, 3.63) is 28.3 Å². The zero-order valence-corrected chi connectivity index (χ0v) is 15.7. The molecule has 0 aromatic heterocycles. The van der Waals surface area contributed by atoms with Gasteiger partial charge in [-0.25, -0.2) is 0 Å². The Morgan fingerprint density at radius 3 is 2.50 bits per heavy atom. The molecule has 0 radical (unpaired) electrons. The Labute approximate surface area is 152 Å². The van der Waals surface area contributed by atoms with Gasteiger partial charge in [0.1, 0.15) is 23.2 Å². The summed E-state index contributed by atoms with van der Waals surface area (Å²) in [6.07, 6.45) is 3.77. The van der Waals surface area contributed by atoms with Crippen molar-refractivity contribution in [2.24, 2.45) is 5.92 Å². The first-order chi connectivity index (χ1) is 11.5. The van der Waals surface area contributed by atoms with Gasteiger partial charge in [-0.3, -0.25) is 9.59 Å². The number of halogens is 1. The summed E-state index contributed by atoms with van der Waals surface area (Å²) >= 11 is 8.11. The van der Waals surface area contributed by atoms with Crippen molar-refractivity contribution in [3.8, 4) is 17.6 Å². The number of carbonyl (C=O) groups is 2. The average Bonchev–Trinajstić information content (AvgIpc) is 2.54. The second-order valence-electron chi connectivity index (χ2n) is 5.87. The monoisotopic (exact) mass is 364 g/mol. The standard InChI is InChI=1S/C19H21ClO3S/c1-4-5-12-8-14(20)18(17(11-12)23-2)19-15(21)9-13(6-7-24-3)10-16(19)22/h8,11,13,19H,6-7,9-10H2,1-3H3. The number of Topliss-reactive ketones (excluding diaryl/α,β-unsaturated/α-hetero) is 2. The molecule has 0 atom stereocenters. The van der Waals surface area contributed by atoms with E-state index in [4.69, 9.17) is 16.3 Å². The fraction of sp³-hybridized carbons (Fsp3) is 0.474. The summed E-state index contributed by atoms with van der Waals surface area (Å²) in [6.45, 7) is 1.73. The highest BCUT2D eigenvalue weighted by molar-refractivity contribution is 7.98. The van der Waals surface area contributed by atoms with Crippen LogP contribution in [0.5, 0.6) is 5.75 Å². The number of hydrogen-bond acceptors (Lipinski definition) is 4. The highest BCUT2D eigenvalue weighted by atomic mass is 35.5. The van der Waals surface area contributed by atoms with Crippen LogP contribution < -0.4 is 4.74 Å². The maximum absolute atomic E-state index is 12.6. The maximum Gasteiger partial charge on any atom is 0.148 e. The number of carbonyl (C=O) groups excluding carboxylic acids is 2. The third-order valence-electron chi connectivity index (χ3n) is 4.22. The largest absolute Gasteiger partial charge is 0.496 e. The summed E-state index contributed by atoms with van der Waals surface area (Å²) in [6, 6.07) is 3.42. The molecule has 0 aliphatic heterocycles. The Bertz CT molecular complexity index is 685. The number of ketones is 2. The number of rotatable bonds is 5. The molecule has 5 heteroatoms. The van der Waals surface area contributed by atoms with Crippen LogP contribution in [0, 0.1) is 17.8 Å². The summed E-state index contributed by atoms with van der Waals surface area (Å²) in [4.78, 5) is 25.3. The lowest BCUT2D eigenvalue weighted by Crippen LogP contribution is -2.32. The second kappa shape index (κ2) is 8.60. The van der Waals surface area contributed by atoms with Crippen LogP contribution in [0.2, 0.25) is 5.02 Å². The minimum absolute atomic E-state index is 0.0631. The summed E-state index contributed by atoms with van der Waals surface area (Å²) in [5, 5.41) is 0.362. The number of benzene rings is 1. The van der Waals surface area contributed by atoms with Gasteiger partial charge in [0, 0.05) is 29.0 Å². The molecule has 2 rings (SSSR count). The van der Waals surface area contributed by atoms with E-state index in [1.165, 1.54) is 7.11 Å². The molecule has 128 valence electrons. The summed E-state index contributed by atoms with van der Waals surface area (Å²) < 4.78 is 5.39. The van der Waals surface area contributed by atoms with E-state index in [0.29, 0.717) is 34.7 Å². The van der Waals surface area contributed by atoms with Crippen molar-refractivity contribution in [2.45, 2.75) is 32.1 Å². The molecule has 0 amide bonds. The van der Waals surface area contributed by atoms with Crippen molar-refractivity contribution in [2.75, 3.05) is 19.1 Å². The van der Waals surface area contributed by atoms with Crippen LogP contribution in [0.3, 0.4) is 0 Å². The second-order valence-corrected chi connectivity index (χ2v) is 7.26. The summed E-state index contributed by atoms with van der Waals surface area (Å²) in [5.41, 5.74) is 1.19. The van der Waals surface area contributed by atoms with E-state index >= 15 is 0 Å². The van der Waals surface area contributed by atoms with Crippen LogP contribution in [0.1, 0.15) is 43.2 Å². The van der Waals surface area contributed by atoms with E-state index in [-0.39, 0.29) is 17.5 Å². The van der Waals surface area contributed by atoms with Gasteiger partial charge in [0.25, 0.3) is 0 Å². The Kier molecular flexibility index (Phi) is 6.77. The smallest absolute Gasteiger partial charge is 0.148 e. The lowest BCUT2D eigenvalue weighted by molar-refractivity contribution is -0.133. The quantitative estimate of drug-likeness (QED) is 0.582. The lowest BCUT2D eigenvalue weighted by Gasteiger charge is -2.28. The number of hydrogen-bond donors (Lipinski definition) is 0. The van der Waals surface area contributed by atoms with Gasteiger partial charge in [-0.15, -0.1) is 5.92 Å². The fourth-order valence-corrected chi connectivity index (χ4v) is 4.01. The molecule has 1 aliphatic rings. The zero-order chi connectivity index (χ0) is 17.7. The first-order valence-corrected chi connectivity index (χ1v) is 9.63. The average molecular weight is 365 g/mol. The summed E-state index contributed by atoms with van der Waals surface area (Å²) in [7, 11) is 1.51. The normalized spacial score (nSPS) is 20.5. The first-order valence-electron chi connectivity index (χ1n) is 7.86. The third-order valence-corrected chi connectivity index (χ3v) is 5.18. The van der Waals surface area contributed by atoms with Gasteiger partial charge in [0.05, 0.1) is 7.11 Å². The highest BCUT2D eigenvalue weighted by Crippen LogP contribution is 2.40.